The van der Waals surface area contributed by atoms with E-state index < -0.39 is 12.0 Å². The number of piperidine rings is 1. The minimum atomic E-state index is -4.50. The van der Waals surface area contributed by atoms with Gasteiger partial charge in [-0.3, -0.25) is 4.79 Å². The topological polar surface area (TPSA) is 62.2 Å². The number of hydrazine groups is 1. The normalized spacial score (nSPS) is 22.7. The number of hydrogen-bond acceptors (Lipinski definition) is 5. The molecule has 2 fully saturated rings. The molecule has 0 bridgehead atoms. The van der Waals surface area contributed by atoms with E-state index in [1.54, 1.807) is 35.6 Å². The average molecular weight is 464 g/mol. The summed E-state index contributed by atoms with van der Waals surface area (Å²) < 4.78 is 42.0. The fourth-order valence-electron chi connectivity index (χ4n) is 4.69. The molecule has 2 aliphatic heterocycles. The summed E-state index contributed by atoms with van der Waals surface area (Å²) in [7, 11) is 0. The van der Waals surface area contributed by atoms with Gasteiger partial charge in [0, 0.05) is 24.5 Å². The molecule has 2 atom stereocenters. The summed E-state index contributed by atoms with van der Waals surface area (Å²) in [5.41, 5.74) is 7.17. The smallest absolute Gasteiger partial charge is 0.341 e. The molecule has 2 unspecified atom stereocenters. The number of para-hydroxylation sites is 2. The third kappa shape index (κ3) is 4.14. The molecule has 5 rings (SSSR count). The lowest BCUT2D eigenvalue weighted by atomic mass is 9.95. The summed E-state index contributed by atoms with van der Waals surface area (Å²) >= 11 is 1.66. The molecule has 2 aromatic heterocycles. The number of carbonyl (C=O) groups is 1. The molecule has 1 aromatic carbocycles. The van der Waals surface area contributed by atoms with Gasteiger partial charge in [0.05, 0.1) is 17.1 Å². The minimum Gasteiger partial charge on any atom is -0.341 e. The van der Waals surface area contributed by atoms with Crippen LogP contribution in [-0.2, 0) is 17.5 Å². The number of fused-ring (bicyclic) bond motifs is 1. The summed E-state index contributed by atoms with van der Waals surface area (Å²) in [5, 5.41) is 2.02. The maximum Gasteiger partial charge on any atom is 0.449 e. The lowest BCUT2D eigenvalue weighted by Gasteiger charge is -2.34. The molecule has 2 saturated heterocycles. The number of halogens is 3. The van der Waals surface area contributed by atoms with Crippen LogP contribution < -0.4 is 10.9 Å². The molecule has 6 nitrogen and oxygen atoms in total. The first kappa shape index (κ1) is 21.4. The summed E-state index contributed by atoms with van der Waals surface area (Å²) in [6.07, 6.45) is -2.47. The zero-order valence-electron chi connectivity index (χ0n) is 17.3. The number of hydrogen-bond donors (Lipinski definition) is 2. The zero-order chi connectivity index (χ0) is 22.3. The molecule has 0 aliphatic carbocycles. The Labute approximate surface area is 187 Å². The van der Waals surface area contributed by atoms with Gasteiger partial charge in [-0.2, -0.15) is 13.2 Å². The van der Waals surface area contributed by atoms with Gasteiger partial charge < -0.3 is 9.47 Å². The molecule has 1 amide bonds. The highest BCUT2D eigenvalue weighted by molar-refractivity contribution is 7.10. The van der Waals surface area contributed by atoms with E-state index in [2.05, 4.69) is 21.9 Å². The van der Waals surface area contributed by atoms with Crippen LogP contribution in [0.1, 0.15) is 36.0 Å². The second-order valence-electron chi connectivity index (χ2n) is 8.45. The van der Waals surface area contributed by atoms with Crippen LogP contribution in [-0.4, -0.2) is 39.5 Å². The van der Waals surface area contributed by atoms with Crippen molar-refractivity contribution in [1.82, 2.24) is 25.3 Å². The quantitative estimate of drug-likeness (QED) is 0.615. The lowest BCUT2D eigenvalue weighted by Crippen LogP contribution is -2.48. The Kier molecular flexibility index (Phi) is 5.68. The molecule has 0 saturated carbocycles. The summed E-state index contributed by atoms with van der Waals surface area (Å²) in [4.78, 5) is 19.8. The van der Waals surface area contributed by atoms with Crippen molar-refractivity contribution in [2.45, 2.75) is 44.1 Å². The second-order valence-corrected chi connectivity index (χ2v) is 9.43. The number of nitrogens with one attached hydrogen (secondary N) is 2. The predicted octanol–water partition coefficient (Wildman–Crippen LogP) is 3.96. The molecule has 2 aliphatic rings. The van der Waals surface area contributed by atoms with Gasteiger partial charge in [-0.05, 0) is 48.8 Å². The fraction of sp³-hybridized carbons (Fsp3) is 0.455. The van der Waals surface area contributed by atoms with Gasteiger partial charge in [-0.15, -0.1) is 11.3 Å². The number of benzene rings is 1. The average Bonchev–Trinajstić information content (AvgIpc) is 3.53. The summed E-state index contributed by atoms with van der Waals surface area (Å²) in [5.74, 6) is -0.733. The van der Waals surface area contributed by atoms with E-state index in [0.717, 1.165) is 0 Å². The Balaban J connectivity index is 1.22. The first-order valence-corrected chi connectivity index (χ1v) is 11.6. The Morgan fingerprint density at radius 3 is 2.62 bits per heavy atom. The van der Waals surface area contributed by atoms with Gasteiger partial charge in [0.2, 0.25) is 11.7 Å². The number of thiophene rings is 1. The molecular formula is C22H24F3N5OS. The second kappa shape index (κ2) is 8.49. The number of imidazole rings is 1. The molecule has 10 heteroatoms. The van der Waals surface area contributed by atoms with Crippen LogP contribution in [0.3, 0.4) is 0 Å². The number of nitrogens with zero attached hydrogens (tertiary/aromatic N) is 3. The molecule has 0 radical (unpaired) electrons. The van der Waals surface area contributed by atoms with Crippen LogP contribution in [0.25, 0.3) is 11.0 Å². The summed E-state index contributed by atoms with van der Waals surface area (Å²) in [6.45, 7) is 1.36. The number of carbonyl (C=O) groups excluding carboxylic acids is 1. The van der Waals surface area contributed by atoms with E-state index in [1.807, 2.05) is 16.3 Å². The first-order valence-electron chi connectivity index (χ1n) is 10.8. The molecule has 4 heterocycles. The SMILES string of the molecule is O=C(C1CC(c2cccs2)NN1)N1CCC(Cn2c(C(F)(F)F)nc3ccccc32)CC1. The Morgan fingerprint density at radius 1 is 1.12 bits per heavy atom. The standard InChI is InChI=1S/C22H24F3N5OS/c23-22(24,25)21-26-15-4-1-2-5-18(15)30(21)13-14-7-9-29(10-8-14)20(31)17-12-16(27-28-17)19-6-3-11-32-19/h1-6,11,14,16-17,27-28H,7-10,12-13H2. The highest BCUT2D eigenvalue weighted by Gasteiger charge is 2.39. The van der Waals surface area contributed by atoms with Crippen molar-refractivity contribution in [3.63, 3.8) is 0 Å². The number of likely N-dealkylation sites (tertiary alicyclic amines) is 1. The van der Waals surface area contributed by atoms with Crippen LogP contribution in [0.2, 0.25) is 0 Å². The third-order valence-electron chi connectivity index (χ3n) is 6.36. The highest BCUT2D eigenvalue weighted by Crippen LogP contribution is 2.33. The van der Waals surface area contributed by atoms with E-state index in [0.29, 0.717) is 43.4 Å². The van der Waals surface area contributed by atoms with Crippen molar-refractivity contribution in [2.24, 2.45) is 5.92 Å². The number of alkyl halides is 3. The fourth-order valence-corrected chi connectivity index (χ4v) is 5.48. The van der Waals surface area contributed by atoms with Crippen molar-refractivity contribution >= 4 is 28.3 Å². The van der Waals surface area contributed by atoms with E-state index >= 15 is 0 Å². The van der Waals surface area contributed by atoms with Crippen molar-refractivity contribution in [1.29, 1.82) is 0 Å². The first-order chi connectivity index (χ1) is 15.4. The Morgan fingerprint density at radius 2 is 1.91 bits per heavy atom. The van der Waals surface area contributed by atoms with Gasteiger partial charge in [-0.1, -0.05) is 18.2 Å². The van der Waals surface area contributed by atoms with Gasteiger partial charge in [0.1, 0.15) is 6.04 Å². The van der Waals surface area contributed by atoms with Gasteiger partial charge in [0.15, 0.2) is 0 Å². The van der Waals surface area contributed by atoms with Crippen LogP contribution in [0.4, 0.5) is 13.2 Å². The van der Waals surface area contributed by atoms with Gasteiger partial charge in [-0.25, -0.2) is 15.8 Å². The zero-order valence-corrected chi connectivity index (χ0v) is 18.1. The highest BCUT2D eigenvalue weighted by atomic mass is 32.1. The number of aromatic nitrogens is 2. The van der Waals surface area contributed by atoms with Crippen molar-refractivity contribution < 1.29 is 18.0 Å². The largest absolute Gasteiger partial charge is 0.449 e. The number of amides is 1. The monoisotopic (exact) mass is 463 g/mol. The molecular weight excluding hydrogens is 439 g/mol. The number of rotatable bonds is 4. The van der Waals surface area contributed by atoms with Crippen LogP contribution in [0, 0.1) is 5.92 Å². The van der Waals surface area contributed by atoms with E-state index in [1.165, 1.54) is 9.44 Å². The van der Waals surface area contributed by atoms with Crippen molar-refractivity contribution in [2.75, 3.05) is 13.1 Å². The van der Waals surface area contributed by atoms with E-state index in [4.69, 9.17) is 0 Å². The lowest BCUT2D eigenvalue weighted by molar-refractivity contribution is -0.147. The van der Waals surface area contributed by atoms with Crippen LogP contribution >= 0.6 is 11.3 Å². The van der Waals surface area contributed by atoms with Crippen LogP contribution in [0.5, 0.6) is 0 Å². The van der Waals surface area contributed by atoms with Crippen molar-refractivity contribution in [3.8, 4) is 0 Å². The molecule has 3 aromatic rings. The molecule has 32 heavy (non-hydrogen) atoms. The van der Waals surface area contributed by atoms with Gasteiger partial charge in [0.25, 0.3) is 0 Å². The maximum atomic E-state index is 13.6. The minimum absolute atomic E-state index is 0.0547. The third-order valence-corrected chi connectivity index (χ3v) is 7.35. The Hall–Kier alpha value is -2.43. The molecule has 170 valence electrons. The van der Waals surface area contributed by atoms with E-state index in [-0.39, 0.29) is 30.5 Å². The summed E-state index contributed by atoms with van der Waals surface area (Å²) in [6, 6.07) is 10.6. The Bertz CT molecular complexity index is 1090. The van der Waals surface area contributed by atoms with Crippen LogP contribution in [0.15, 0.2) is 41.8 Å². The molecule has 0 spiro atoms. The molecule has 2 N–H and O–H groups in total. The maximum absolute atomic E-state index is 13.6. The van der Waals surface area contributed by atoms with Crippen molar-refractivity contribution in [3.05, 3.63) is 52.5 Å². The van der Waals surface area contributed by atoms with Gasteiger partial charge >= 0.3 is 6.18 Å². The van der Waals surface area contributed by atoms with E-state index in [9.17, 15) is 18.0 Å². The predicted molar refractivity (Wildman–Crippen MR) is 116 cm³/mol.